The molecule has 1 aromatic heterocycles. The van der Waals surface area contributed by atoms with Crippen LogP contribution in [-0.2, 0) is 10.0 Å². The van der Waals surface area contributed by atoms with Crippen LogP contribution in [0.3, 0.4) is 0 Å². The fourth-order valence-corrected chi connectivity index (χ4v) is 4.94. The second kappa shape index (κ2) is 7.19. The number of carbonyl (C=O) groups is 1. The second-order valence-corrected chi connectivity index (χ2v) is 10.0. The average Bonchev–Trinajstić information content (AvgIpc) is 2.89. The molecule has 0 radical (unpaired) electrons. The van der Waals surface area contributed by atoms with E-state index in [0.29, 0.717) is 43.4 Å². The van der Waals surface area contributed by atoms with Gasteiger partial charge in [0.05, 0.1) is 0 Å². The Bertz CT molecular complexity index is 621. The van der Waals surface area contributed by atoms with E-state index in [2.05, 4.69) is 26.1 Å². The highest BCUT2D eigenvalue weighted by atomic mass is 32.2. The standard InChI is InChI=1S/C15H25N3O3S2/c1-15(2,3)12-16-14(19)17-7-5-8-18(10-9-17)23(20,21)13-6-4-11-22-13/h4,6,11H,5,7-10,12H2,1-3H3,(H,16,19). The number of carbonyl (C=O) groups excluding carboxylic acids is 1. The van der Waals surface area contributed by atoms with Gasteiger partial charge in [-0.05, 0) is 23.3 Å². The van der Waals surface area contributed by atoms with Crippen molar-refractivity contribution in [2.24, 2.45) is 5.41 Å². The molecule has 0 saturated carbocycles. The quantitative estimate of drug-likeness (QED) is 0.899. The average molecular weight is 360 g/mol. The summed E-state index contributed by atoms with van der Waals surface area (Å²) in [5, 5.41) is 4.68. The molecule has 0 atom stereocenters. The molecule has 1 N–H and O–H groups in total. The minimum Gasteiger partial charge on any atom is -0.337 e. The molecule has 0 spiro atoms. The van der Waals surface area contributed by atoms with Gasteiger partial charge in [-0.15, -0.1) is 11.3 Å². The molecule has 2 amide bonds. The van der Waals surface area contributed by atoms with Gasteiger partial charge < -0.3 is 10.2 Å². The molecule has 130 valence electrons. The highest BCUT2D eigenvalue weighted by Crippen LogP contribution is 2.22. The number of nitrogens with zero attached hydrogens (tertiary/aromatic N) is 2. The van der Waals surface area contributed by atoms with E-state index in [1.807, 2.05) is 0 Å². The summed E-state index contributed by atoms with van der Waals surface area (Å²) in [6.07, 6.45) is 0.646. The fraction of sp³-hybridized carbons (Fsp3) is 0.667. The van der Waals surface area contributed by atoms with Crippen LogP contribution in [0.1, 0.15) is 27.2 Å². The number of hydrogen-bond donors (Lipinski definition) is 1. The van der Waals surface area contributed by atoms with Crippen LogP contribution in [0, 0.1) is 5.41 Å². The maximum absolute atomic E-state index is 12.6. The lowest BCUT2D eigenvalue weighted by Gasteiger charge is -2.25. The third kappa shape index (κ3) is 4.92. The number of thiophene rings is 1. The van der Waals surface area contributed by atoms with Crippen LogP contribution in [-0.4, -0.2) is 56.4 Å². The van der Waals surface area contributed by atoms with Crippen molar-refractivity contribution in [2.45, 2.75) is 31.4 Å². The van der Waals surface area contributed by atoms with Gasteiger partial charge in [0.25, 0.3) is 10.0 Å². The van der Waals surface area contributed by atoms with Crippen molar-refractivity contribution < 1.29 is 13.2 Å². The van der Waals surface area contributed by atoms with Crippen LogP contribution >= 0.6 is 11.3 Å². The normalized spacial score (nSPS) is 17.8. The maximum Gasteiger partial charge on any atom is 0.317 e. The first-order chi connectivity index (χ1) is 10.7. The van der Waals surface area contributed by atoms with Crippen molar-refractivity contribution in [3.05, 3.63) is 17.5 Å². The van der Waals surface area contributed by atoms with Gasteiger partial charge in [0.2, 0.25) is 0 Å². The van der Waals surface area contributed by atoms with Crippen molar-refractivity contribution in [2.75, 3.05) is 32.7 Å². The van der Waals surface area contributed by atoms with E-state index in [-0.39, 0.29) is 11.4 Å². The van der Waals surface area contributed by atoms with Crippen LogP contribution in [0.15, 0.2) is 21.7 Å². The highest BCUT2D eigenvalue weighted by molar-refractivity contribution is 7.91. The van der Waals surface area contributed by atoms with E-state index < -0.39 is 10.0 Å². The summed E-state index contributed by atoms with van der Waals surface area (Å²) in [4.78, 5) is 13.9. The van der Waals surface area contributed by atoms with E-state index in [4.69, 9.17) is 0 Å². The Morgan fingerprint density at radius 2 is 2.00 bits per heavy atom. The number of urea groups is 1. The topological polar surface area (TPSA) is 69.7 Å². The van der Waals surface area contributed by atoms with Gasteiger partial charge in [0, 0.05) is 32.7 Å². The summed E-state index contributed by atoms with van der Waals surface area (Å²) >= 11 is 1.23. The molecule has 2 heterocycles. The van der Waals surface area contributed by atoms with Crippen LogP contribution in [0.25, 0.3) is 0 Å². The molecule has 1 saturated heterocycles. The molecule has 1 aromatic rings. The molecule has 1 fully saturated rings. The van der Waals surface area contributed by atoms with Crippen molar-refractivity contribution in [3.8, 4) is 0 Å². The predicted molar refractivity (Wildman–Crippen MR) is 92.1 cm³/mol. The molecular weight excluding hydrogens is 334 g/mol. The summed E-state index contributed by atoms with van der Waals surface area (Å²) in [7, 11) is -3.43. The Morgan fingerprint density at radius 1 is 1.26 bits per heavy atom. The second-order valence-electron chi connectivity index (χ2n) is 6.90. The Morgan fingerprint density at radius 3 is 2.61 bits per heavy atom. The monoisotopic (exact) mass is 359 g/mol. The van der Waals surface area contributed by atoms with E-state index in [0.717, 1.165) is 0 Å². The van der Waals surface area contributed by atoms with E-state index >= 15 is 0 Å². The minimum absolute atomic E-state index is 0.0239. The van der Waals surface area contributed by atoms with Crippen LogP contribution in [0.5, 0.6) is 0 Å². The summed E-state index contributed by atoms with van der Waals surface area (Å²) in [6.45, 7) is 8.56. The largest absolute Gasteiger partial charge is 0.337 e. The lowest BCUT2D eigenvalue weighted by Crippen LogP contribution is -2.44. The van der Waals surface area contributed by atoms with Crippen LogP contribution < -0.4 is 5.32 Å². The van der Waals surface area contributed by atoms with E-state index in [1.165, 1.54) is 15.6 Å². The van der Waals surface area contributed by atoms with Gasteiger partial charge in [0.1, 0.15) is 4.21 Å². The zero-order valence-electron chi connectivity index (χ0n) is 13.9. The Labute approximate surface area is 142 Å². The zero-order valence-corrected chi connectivity index (χ0v) is 15.5. The number of rotatable bonds is 3. The lowest BCUT2D eigenvalue weighted by atomic mass is 9.97. The minimum atomic E-state index is -3.43. The molecule has 6 nitrogen and oxygen atoms in total. The number of hydrogen-bond acceptors (Lipinski definition) is 4. The third-order valence-electron chi connectivity index (χ3n) is 3.60. The molecule has 8 heteroatoms. The molecule has 23 heavy (non-hydrogen) atoms. The predicted octanol–water partition coefficient (Wildman–Crippen LogP) is 2.20. The number of nitrogens with one attached hydrogen (secondary N) is 1. The van der Waals surface area contributed by atoms with Crippen LogP contribution in [0.4, 0.5) is 4.79 Å². The summed E-state index contributed by atoms with van der Waals surface area (Å²) in [5.74, 6) is 0. The van der Waals surface area contributed by atoms with Gasteiger partial charge in [-0.1, -0.05) is 26.8 Å². The Balaban J connectivity index is 1.96. The molecular formula is C15H25N3O3S2. The molecule has 0 unspecified atom stereocenters. The Hall–Kier alpha value is -1.12. The number of amides is 2. The summed E-state index contributed by atoms with van der Waals surface area (Å²) in [6, 6.07) is 3.25. The summed E-state index contributed by atoms with van der Waals surface area (Å²) < 4.78 is 27.0. The molecule has 1 aliphatic rings. The Kier molecular flexibility index (Phi) is 5.70. The van der Waals surface area contributed by atoms with Crippen LogP contribution in [0.2, 0.25) is 0 Å². The zero-order chi connectivity index (χ0) is 17.1. The smallest absolute Gasteiger partial charge is 0.317 e. The highest BCUT2D eigenvalue weighted by Gasteiger charge is 2.29. The molecule has 1 aliphatic heterocycles. The molecule has 0 aliphatic carbocycles. The molecule has 0 aromatic carbocycles. The summed E-state index contributed by atoms with van der Waals surface area (Å²) in [5.41, 5.74) is 0.0239. The van der Waals surface area contributed by atoms with Crippen molar-refractivity contribution >= 4 is 27.4 Å². The van der Waals surface area contributed by atoms with Gasteiger partial charge in [-0.2, -0.15) is 4.31 Å². The fourth-order valence-electron chi connectivity index (χ4n) is 2.33. The van der Waals surface area contributed by atoms with E-state index in [9.17, 15) is 13.2 Å². The van der Waals surface area contributed by atoms with Gasteiger partial charge in [-0.3, -0.25) is 0 Å². The maximum atomic E-state index is 12.6. The first-order valence-corrected chi connectivity index (χ1v) is 10.1. The van der Waals surface area contributed by atoms with Crippen molar-refractivity contribution in [3.63, 3.8) is 0 Å². The van der Waals surface area contributed by atoms with Gasteiger partial charge >= 0.3 is 6.03 Å². The van der Waals surface area contributed by atoms with Gasteiger partial charge in [-0.25, -0.2) is 13.2 Å². The SMILES string of the molecule is CC(C)(C)CNC(=O)N1CCCN(S(=O)(=O)c2cccs2)CC1. The van der Waals surface area contributed by atoms with Gasteiger partial charge in [0.15, 0.2) is 0 Å². The third-order valence-corrected chi connectivity index (χ3v) is 6.87. The van der Waals surface area contributed by atoms with E-state index in [1.54, 1.807) is 22.4 Å². The first kappa shape index (κ1) is 18.2. The van der Waals surface area contributed by atoms with Crippen molar-refractivity contribution in [1.82, 2.24) is 14.5 Å². The van der Waals surface area contributed by atoms with Crippen molar-refractivity contribution in [1.29, 1.82) is 0 Å². The number of sulfonamides is 1. The first-order valence-electron chi connectivity index (χ1n) is 7.76. The molecule has 0 bridgehead atoms. The molecule has 2 rings (SSSR count). The lowest BCUT2D eigenvalue weighted by molar-refractivity contribution is 0.195.